The number of aromatic nitrogens is 4. The van der Waals surface area contributed by atoms with Gasteiger partial charge in [-0.3, -0.25) is 4.40 Å². The predicted octanol–water partition coefficient (Wildman–Crippen LogP) is 1.45. The van der Waals surface area contributed by atoms with E-state index in [1.165, 1.54) is 6.26 Å². The van der Waals surface area contributed by atoms with E-state index in [0.717, 1.165) is 49.5 Å². The quantitative estimate of drug-likeness (QED) is 0.916. The van der Waals surface area contributed by atoms with Gasteiger partial charge in [0.2, 0.25) is 0 Å². The van der Waals surface area contributed by atoms with Crippen molar-refractivity contribution in [3.8, 4) is 0 Å². The smallest absolute Gasteiger partial charge is 0.165 e. The van der Waals surface area contributed by atoms with Crippen molar-refractivity contribution < 1.29 is 8.42 Å². The highest BCUT2D eigenvalue weighted by atomic mass is 32.2. The van der Waals surface area contributed by atoms with Crippen LogP contribution in [0.15, 0.2) is 12.4 Å². The van der Waals surface area contributed by atoms with Crippen LogP contribution in [-0.2, 0) is 9.84 Å². The highest BCUT2D eigenvalue weighted by Gasteiger charge is 2.27. The van der Waals surface area contributed by atoms with Crippen LogP contribution in [-0.4, -0.2) is 46.1 Å². The summed E-state index contributed by atoms with van der Waals surface area (Å²) in [6.45, 7) is 2.73. The third-order valence-corrected chi connectivity index (χ3v) is 6.12. The Balaban J connectivity index is 1.58. The number of nitrogens with zero attached hydrogens (tertiary/aromatic N) is 4. The minimum absolute atomic E-state index is 0.156. The molecule has 0 aliphatic heterocycles. The Morgan fingerprint density at radius 3 is 2.73 bits per heavy atom. The molecule has 22 heavy (non-hydrogen) atoms. The SMILES string of the molecule is Cc1nc(NCC2CCC(S(C)(=O)=O)CC2)cc2nncn12. The zero-order chi connectivity index (χ0) is 15.7. The maximum absolute atomic E-state index is 11.6. The van der Waals surface area contributed by atoms with Gasteiger partial charge in [-0.2, -0.15) is 0 Å². The average molecular weight is 323 g/mol. The van der Waals surface area contributed by atoms with Gasteiger partial charge < -0.3 is 5.32 Å². The van der Waals surface area contributed by atoms with Crippen LogP contribution in [0.2, 0.25) is 0 Å². The van der Waals surface area contributed by atoms with E-state index in [0.29, 0.717) is 5.92 Å². The molecule has 0 atom stereocenters. The van der Waals surface area contributed by atoms with Gasteiger partial charge in [0.25, 0.3) is 0 Å². The van der Waals surface area contributed by atoms with E-state index in [2.05, 4.69) is 20.5 Å². The molecule has 2 heterocycles. The van der Waals surface area contributed by atoms with Crippen LogP contribution in [0, 0.1) is 12.8 Å². The molecule has 0 amide bonds. The molecule has 2 aromatic rings. The van der Waals surface area contributed by atoms with E-state index in [-0.39, 0.29) is 5.25 Å². The molecule has 7 nitrogen and oxygen atoms in total. The van der Waals surface area contributed by atoms with Crippen LogP contribution >= 0.6 is 0 Å². The van der Waals surface area contributed by atoms with E-state index >= 15 is 0 Å². The van der Waals surface area contributed by atoms with Gasteiger partial charge >= 0.3 is 0 Å². The Bertz CT molecular complexity index is 763. The van der Waals surface area contributed by atoms with Crippen LogP contribution < -0.4 is 5.32 Å². The number of sulfone groups is 1. The number of hydrogen-bond donors (Lipinski definition) is 1. The molecule has 1 aliphatic carbocycles. The zero-order valence-electron chi connectivity index (χ0n) is 12.9. The van der Waals surface area contributed by atoms with Crippen molar-refractivity contribution in [1.82, 2.24) is 19.6 Å². The number of nitrogens with one attached hydrogen (secondary N) is 1. The number of aryl methyl sites for hydroxylation is 1. The van der Waals surface area contributed by atoms with Gasteiger partial charge in [0, 0.05) is 18.9 Å². The molecule has 0 aromatic carbocycles. The highest BCUT2D eigenvalue weighted by molar-refractivity contribution is 7.91. The second-order valence-corrected chi connectivity index (χ2v) is 8.43. The lowest BCUT2D eigenvalue weighted by Crippen LogP contribution is -2.29. The zero-order valence-corrected chi connectivity index (χ0v) is 13.7. The molecule has 0 spiro atoms. The largest absolute Gasteiger partial charge is 0.370 e. The van der Waals surface area contributed by atoms with Crippen molar-refractivity contribution in [1.29, 1.82) is 0 Å². The number of anilines is 1. The van der Waals surface area contributed by atoms with Crippen LogP contribution in [0.25, 0.3) is 5.65 Å². The number of fused-ring (bicyclic) bond motifs is 1. The fourth-order valence-electron chi connectivity index (χ4n) is 3.08. The molecular formula is C14H21N5O2S. The first-order valence-corrected chi connectivity index (χ1v) is 9.49. The lowest BCUT2D eigenvalue weighted by molar-refractivity contribution is 0.372. The summed E-state index contributed by atoms with van der Waals surface area (Å²) in [5.74, 6) is 2.13. The molecule has 1 saturated carbocycles. The third-order valence-electron chi connectivity index (χ3n) is 4.44. The van der Waals surface area contributed by atoms with Crippen molar-refractivity contribution in [3.63, 3.8) is 0 Å². The summed E-state index contributed by atoms with van der Waals surface area (Å²) in [7, 11) is -2.89. The van der Waals surface area contributed by atoms with Gasteiger partial charge in [-0.25, -0.2) is 13.4 Å². The summed E-state index contributed by atoms with van der Waals surface area (Å²) >= 11 is 0. The van der Waals surface area contributed by atoms with Gasteiger partial charge in [-0.15, -0.1) is 10.2 Å². The minimum atomic E-state index is -2.89. The normalized spacial score (nSPS) is 22.8. The Morgan fingerprint density at radius 1 is 1.32 bits per heavy atom. The molecule has 3 rings (SSSR count). The highest BCUT2D eigenvalue weighted by Crippen LogP contribution is 2.28. The molecule has 0 unspecified atom stereocenters. The van der Waals surface area contributed by atoms with Crippen LogP contribution in [0.4, 0.5) is 5.82 Å². The Hall–Kier alpha value is -1.70. The minimum Gasteiger partial charge on any atom is -0.370 e. The third kappa shape index (κ3) is 3.21. The first kappa shape index (κ1) is 15.2. The lowest BCUT2D eigenvalue weighted by Gasteiger charge is -2.27. The second-order valence-electron chi connectivity index (χ2n) is 6.10. The predicted molar refractivity (Wildman–Crippen MR) is 84.6 cm³/mol. The summed E-state index contributed by atoms with van der Waals surface area (Å²) in [4.78, 5) is 4.49. The van der Waals surface area contributed by atoms with Crippen molar-refractivity contribution in [2.24, 2.45) is 5.92 Å². The van der Waals surface area contributed by atoms with Gasteiger partial charge in [0.15, 0.2) is 5.65 Å². The molecular weight excluding hydrogens is 302 g/mol. The van der Waals surface area contributed by atoms with Crippen LogP contribution in [0.3, 0.4) is 0 Å². The van der Waals surface area contributed by atoms with Crippen molar-refractivity contribution in [3.05, 3.63) is 18.2 Å². The van der Waals surface area contributed by atoms with Crippen molar-refractivity contribution in [2.75, 3.05) is 18.1 Å². The lowest BCUT2D eigenvalue weighted by atomic mass is 9.89. The van der Waals surface area contributed by atoms with E-state index in [9.17, 15) is 8.42 Å². The maximum Gasteiger partial charge on any atom is 0.165 e. The van der Waals surface area contributed by atoms with Crippen molar-refractivity contribution in [2.45, 2.75) is 37.9 Å². The maximum atomic E-state index is 11.6. The van der Waals surface area contributed by atoms with Gasteiger partial charge in [-0.1, -0.05) is 0 Å². The van der Waals surface area contributed by atoms with Crippen molar-refractivity contribution >= 4 is 21.3 Å². The van der Waals surface area contributed by atoms with Gasteiger partial charge in [0.1, 0.15) is 27.8 Å². The number of rotatable bonds is 4. The molecule has 8 heteroatoms. The summed E-state index contributed by atoms with van der Waals surface area (Å²) in [5.41, 5.74) is 0.774. The Morgan fingerprint density at radius 2 is 2.05 bits per heavy atom. The molecule has 2 aromatic heterocycles. The summed E-state index contributed by atoms with van der Waals surface area (Å²) in [6.07, 6.45) is 6.40. The van der Waals surface area contributed by atoms with E-state index in [1.54, 1.807) is 6.33 Å². The fourth-order valence-corrected chi connectivity index (χ4v) is 4.21. The van der Waals surface area contributed by atoms with E-state index in [1.807, 2.05) is 17.4 Å². The topological polar surface area (TPSA) is 89.2 Å². The van der Waals surface area contributed by atoms with E-state index < -0.39 is 9.84 Å². The summed E-state index contributed by atoms with van der Waals surface area (Å²) in [5, 5.41) is 11.1. The fraction of sp³-hybridized carbons (Fsp3) is 0.643. The average Bonchev–Trinajstić information content (AvgIpc) is 2.93. The Labute approximate surface area is 130 Å². The standard InChI is InChI=1S/C14H21N5O2S/c1-10-17-13(7-14-18-16-9-19(10)14)15-8-11-3-5-12(6-4-11)22(2,20)21/h7,9,11-12,15H,3-6,8H2,1-2H3. The second kappa shape index (κ2) is 5.83. The Kier molecular flexibility index (Phi) is 4.03. The van der Waals surface area contributed by atoms with Crippen LogP contribution in [0.1, 0.15) is 31.5 Å². The molecule has 0 bridgehead atoms. The van der Waals surface area contributed by atoms with Gasteiger partial charge in [-0.05, 0) is 38.5 Å². The van der Waals surface area contributed by atoms with Gasteiger partial charge in [0.05, 0.1) is 5.25 Å². The molecule has 1 aliphatic rings. The van der Waals surface area contributed by atoms with Crippen LogP contribution in [0.5, 0.6) is 0 Å². The molecule has 1 N–H and O–H groups in total. The molecule has 1 fully saturated rings. The first-order valence-electron chi connectivity index (χ1n) is 7.53. The number of hydrogen-bond acceptors (Lipinski definition) is 6. The molecule has 120 valence electrons. The summed E-state index contributed by atoms with van der Waals surface area (Å²) < 4.78 is 25.0. The molecule has 0 radical (unpaired) electrons. The summed E-state index contributed by atoms with van der Waals surface area (Å²) in [6, 6.07) is 1.88. The first-order chi connectivity index (χ1) is 10.4. The van der Waals surface area contributed by atoms with E-state index in [4.69, 9.17) is 0 Å². The monoisotopic (exact) mass is 323 g/mol. The molecule has 0 saturated heterocycles.